The summed E-state index contributed by atoms with van der Waals surface area (Å²) in [6.45, 7) is 5.03. The molecule has 0 spiro atoms. The van der Waals surface area contributed by atoms with Crippen molar-refractivity contribution in [1.82, 2.24) is 13.5 Å². The van der Waals surface area contributed by atoms with Crippen LogP contribution in [0, 0.1) is 0 Å². The second-order valence-corrected chi connectivity index (χ2v) is 7.97. The Morgan fingerprint density at radius 3 is 2.05 bits per heavy atom. The van der Waals surface area contributed by atoms with Crippen LogP contribution in [0.1, 0.15) is 26.7 Å². The first kappa shape index (κ1) is 16.8. The van der Waals surface area contributed by atoms with E-state index >= 15 is 0 Å². The van der Waals surface area contributed by atoms with E-state index in [1.165, 1.54) is 8.61 Å². The summed E-state index contributed by atoms with van der Waals surface area (Å²) >= 11 is 0. The third kappa shape index (κ3) is 4.13. The fraction of sp³-hybridized carbons (Fsp3) is 1.00. The highest BCUT2D eigenvalue weighted by Crippen LogP contribution is 2.25. The van der Waals surface area contributed by atoms with Gasteiger partial charge in [-0.2, -0.15) is 17.0 Å². The molecule has 1 rings (SSSR count). The molecule has 1 heterocycles. The zero-order valence-corrected chi connectivity index (χ0v) is 13.4. The van der Waals surface area contributed by atoms with Gasteiger partial charge in [0, 0.05) is 32.7 Å². The number of piperidine rings is 1. The lowest BCUT2D eigenvalue weighted by molar-refractivity contribution is -0.0242. The molecule has 6 nitrogen and oxygen atoms in total. The molecule has 0 aromatic carbocycles. The van der Waals surface area contributed by atoms with Gasteiger partial charge >= 0.3 is 0 Å². The maximum absolute atomic E-state index is 12.3. The second-order valence-electron chi connectivity index (χ2n) is 5.98. The van der Waals surface area contributed by atoms with E-state index in [2.05, 4.69) is 0 Å². The second kappa shape index (κ2) is 6.05. The summed E-state index contributed by atoms with van der Waals surface area (Å²) in [7, 11) is 2.02. The third-order valence-electron chi connectivity index (χ3n) is 3.68. The van der Waals surface area contributed by atoms with Gasteiger partial charge < -0.3 is 10.0 Å². The summed E-state index contributed by atoms with van der Waals surface area (Å²) < 4.78 is 27.5. The van der Waals surface area contributed by atoms with E-state index in [-0.39, 0.29) is 6.04 Å². The van der Waals surface area contributed by atoms with E-state index < -0.39 is 15.8 Å². The van der Waals surface area contributed by atoms with Crippen LogP contribution < -0.4 is 0 Å². The van der Waals surface area contributed by atoms with Gasteiger partial charge in [-0.15, -0.1) is 0 Å². The van der Waals surface area contributed by atoms with Crippen molar-refractivity contribution in [3.05, 3.63) is 0 Å². The van der Waals surface area contributed by atoms with Gasteiger partial charge in [-0.25, -0.2) is 0 Å². The molecule has 0 aromatic heterocycles. The molecule has 0 atom stereocenters. The van der Waals surface area contributed by atoms with E-state index in [4.69, 9.17) is 0 Å². The topological polar surface area (TPSA) is 64.1 Å². The van der Waals surface area contributed by atoms with Crippen LogP contribution in [0.5, 0.6) is 0 Å². The van der Waals surface area contributed by atoms with Gasteiger partial charge in [-0.1, -0.05) is 0 Å². The summed E-state index contributed by atoms with van der Waals surface area (Å²) in [6, 6.07) is -0.0624. The lowest BCUT2D eigenvalue weighted by Gasteiger charge is -2.40. The molecule has 1 fully saturated rings. The highest BCUT2D eigenvalue weighted by molar-refractivity contribution is 7.86. The maximum Gasteiger partial charge on any atom is 0.281 e. The molecule has 0 bridgehead atoms. The largest absolute Gasteiger partial charge is 0.388 e. The zero-order chi connectivity index (χ0) is 14.8. The summed E-state index contributed by atoms with van der Waals surface area (Å²) in [5, 5.41) is 10.4. The average Bonchev–Trinajstić information content (AvgIpc) is 2.26. The molecule has 0 saturated carbocycles. The molecule has 0 amide bonds. The first-order valence-electron chi connectivity index (χ1n) is 6.69. The quantitative estimate of drug-likeness (QED) is 0.772. The number of hydrogen-bond acceptors (Lipinski definition) is 4. The van der Waals surface area contributed by atoms with Crippen LogP contribution in [-0.4, -0.2) is 79.5 Å². The van der Waals surface area contributed by atoms with Gasteiger partial charge in [0.15, 0.2) is 0 Å². The van der Waals surface area contributed by atoms with E-state index in [9.17, 15) is 13.5 Å². The van der Waals surface area contributed by atoms with Crippen molar-refractivity contribution >= 4 is 10.2 Å². The molecule has 1 aliphatic heterocycles. The molecule has 1 N–H and O–H groups in total. The Morgan fingerprint density at radius 1 is 1.21 bits per heavy atom. The molecule has 1 aliphatic rings. The Labute approximate surface area is 117 Å². The monoisotopic (exact) mass is 293 g/mol. The Hall–Kier alpha value is -0.210. The fourth-order valence-corrected chi connectivity index (χ4v) is 3.87. The predicted molar refractivity (Wildman–Crippen MR) is 76.1 cm³/mol. The number of aliphatic hydroxyl groups is 1. The summed E-state index contributed by atoms with van der Waals surface area (Å²) in [5.41, 5.74) is -0.772. The molecule has 1 saturated heterocycles. The van der Waals surface area contributed by atoms with E-state index in [0.717, 1.165) is 0 Å². The molecule has 0 radical (unpaired) electrons. The maximum atomic E-state index is 12.3. The molecule has 0 aromatic rings. The molecule has 114 valence electrons. The average molecular weight is 293 g/mol. The molecule has 0 aliphatic carbocycles. The Balaban J connectivity index is 2.68. The molecule has 0 unspecified atom stereocenters. The van der Waals surface area contributed by atoms with Crippen molar-refractivity contribution in [2.75, 3.05) is 40.8 Å². The first-order valence-corrected chi connectivity index (χ1v) is 8.08. The molecular formula is C12H27N3O3S. The number of hydrogen-bond donors (Lipinski definition) is 1. The number of likely N-dealkylation sites (N-methyl/N-ethyl adjacent to an activating group) is 1. The van der Waals surface area contributed by atoms with Crippen molar-refractivity contribution in [1.29, 1.82) is 0 Å². The van der Waals surface area contributed by atoms with Crippen molar-refractivity contribution in [3.63, 3.8) is 0 Å². The number of nitrogens with zero attached hydrogens (tertiary/aromatic N) is 3. The zero-order valence-electron chi connectivity index (χ0n) is 12.6. The number of rotatable bonds is 5. The van der Waals surface area contributed by atoms with Crippen LogP contribution in [-0.2, 0) is 10.2 Å². The minimum atomic E-state index is -3.40. The van der Waals surface area contributed by atoms with E-state index in [1.54, 1.807) is 7.05 Å². The van der Waals surface area contributed by atoms with Crippen LogP contribution in [0.3, 0.4) is 0 Å². The highest BCUT2D eigenvalue weighted by atomic mass is 32.2. The highest BCUT2D eigenvalue weighted by Gasteiger charge is 2.38. The van der Waals surface area contributed by atoms with Crippen molar-refractivity contribution < 1.29 is 13.5 Å². The van der Waals surface area contributed by atoms with Crippen molar-refractivity contribution in [2.24, 2.45) is 0 Å². The van der Waals surface area contributed by atoms with Gasteiger partial charge in [0.1, 0.15) is 0 Å². The van der Waals surface area contributed by atoms with Crippen LogP contribution in [0.25, 0.3) is 0 Å². The van der Waals surface area contributed by atoms with Crippen LogP contribution in [0.15, 0.2) is 0 Å². The molecule has 19 heavy (non-hydrogen) atoms. The normalized spacial score (nSPS) is 21.5. The van der Waals surface area contributed by atoms with Crippen LogP contribution >= 0.6 is 0 Å². The van der Waals surface area contributed by atoms with Crippen LogP contribution in [0.2, 0.25) is 0 Å². The summed E-state index contributed by atoms with van der Waals surface area (Å²) in [4.78, 5) is 1.93. The lowest BCUT2D eigenvalue weighted by Crippen LogP contribution is -2.54. The predicted octanol–water partition coefficient (Wildman–Crippen LogP) is -0.0401. The summed E-state index contributed by atoms with van der Waals surface area (Å²) in [5.74, 6) is 0. The Kier molecular flexibility index (Phi) is 5.36. The van der Waals surface area contributed by atoms with Crippen molar-refractivity contribution in [2.45, 2.75) is 38.3 Å². The van der Waals surface area contributed by atoms with E-state index in [0.29, 0.717) is 32.5 Å². The lowest BCUT2D eigenvalue weighted by atomic mass is 9.92. The van der Waals surface area contributed by atoms with Gasteiger partial charge in [-0.3, -0.25) is 0 Å². The molecule has 7 heteroatoms. The van der Waals surface area contributed by atoms with Gasteiger partial charge in [0.2, 0.25) is 0 Å². The fourth-order valence-electron chi connectivity index (χ4n) is 2.33. The first-order chi connectivity index (χ1) is 8.58. The van der Waals surface area contributed by atoms with Gasteiger partial charge in [0.05, 0.1) is 5.60 Å². The Bertz CT molecular complexity index is 387. The Morgan fingerprint density at radius 2 is 1.68 bits per heavy atom. The van der Waals surface area contributed by atoms with Crippen LogP contribution in [0.4, 0.5) is 0 Å². The van der Waals surface area contributed by atoms with E-state index in [1.807, 2.05) is 32.8 Å². The minimum absolute atomic E-state index is 0.0624. The standard InChI is InChI=1S/C12H27N3O3S/c1-11(2)14(5)19(17,18)15-8-6-12(16,7-9-15)10-13(3)4/h11,16H,6-10H2,1-5H3. The van der Waals surface area contributed by atoms with Gasteiger partial charge in [0.25, 0.3) is 10.2 Å². The molecular weight excluding hydrogens is 266 g/mol. The third-order valence-corrected chi connectivity index (χ3v) is 5.85. The SMILES string of the molecule is CC(C)N(C)S(=O)(=O)N1CCC(O)(CN(C)C)CC1. The summed E-state index contributed by atoms with van der Waals surface area (Å²) in [6.07, 6.45) is 0.965. The smallest absolute Gasteiger partial charge is 0.281 e. The van der Waals surface area contributed by atoms with Crippen molar-refractivity contribution in [3.8, 4) is 0 Å². The minimum Gasteiger partial charge on any atom is -0.388 e. The van der Waals surface area contributed by atoms with Gasteiger partial charge in [-0.05, 0) is 40.8 Å².